The number of anilines is 3. The van der Waals surface area contributed by atoms with Gasteiger partial charge >= 0.3 is 5.69 Å². The van der Waals surface area contributed by atoms with Crippen molar-refractivity contribution in [2.24, 2.45) is 0 Å². The van der Waals surface area contributed by atoms with Crippen LogP contribution in [0.1, 0.15) is 6.92 Å². The monoisotopic (exact) mass is 427 g/mol. The Kier molecular flexibility index (Phi) is 6.36. The highest BCUT2D eigenvalue weighted by Crippen LogP contribution is 2.35. The van der Waals surface area contributed by atoms with Crippen molar-refractivity contribution in [3.63, 3.8) is 0 Å². The summed E-state index contributed by atoms with van der Waals surface area (Å²) in [4.78, 5) is 29.0. The summed E-state index contributed by atoms with van der Waals surface area (Å²) in [6, 6.07) is 7.97. The van der Waals surface area contributed by atoms with Gasteiger partial charge in [-0.25, -0.2) is 9.97 Å². The van der Waals surface area contributed by atoms with Crippen molar-refractivity contribution in [3.05, 3.63) is 40.7 Å². The van der Waals surface area contributed by atoms with Crippen LogP contribution in [-0.2, 0) is 0 Å². The average molecular weight is 428 g/mol. The highest BCUT2D eigenvalue weighted by atomic mass is 16.6. The number of nitro groups is 1. The second-order valence-corrected chi connectivity index (χ2v) is 7.72. The molecule has 2 aromatic rings. The number of methoxy groups -OCH3 is 1. The molecule has 2 saturated heterocycles. The second kappa shape index (κ2) is 9.34. The first-order valence-electron chi connectivity index (χ1n) is 10.7. The summed E-state index contributed by atoms with van der Waals surface area (Å²) in [7, 11) is 1.65. The van der Waals surface area contributed by atoms with Crippen molar-refractivity contribution < 1.29 is 9.66 Å². The molecule has 0 atom stereocenters. The van der Waals surface area contributed by atoms with E-state index in [9.17, 15) is 10.1 Å². The fourth-order valence-corrected chi connectivity index (χ4v) is 4.23. The molecule has 0 spiro atoms. The van der Waals surface area contributed by atoms with Crippen LogP contribution < -0.4 is 19.4 Å². The minimum atomic E-state index is -0.327. The molecule has 0 unspecified atom stereocenters. The zero-order valence-corrected chi connectivity index (χ0v) is 18.1. The zero-order valence-electron chi connectivity index (χ0n) is 18.1. The summed E-state index contributed by atoms with van der Waals surface area (Å²) in [6.07, 6.45) is 1.46. The Morgan fingerprint density at radius 2 is 1.42 bits per heavy atom. The number of rotatable bonds is 6. The summed E-state index contributed by atoms with van der Waals surface area (Å²) in [6.45, 7) is 9.19. The molecule has 10 nitrogen and oxygen atoms in total. The number of piperazine rings is 2. The molecule has 1 aromatic carbocycles. The first-order chi connectivity index (χ1) is 15.1. The number of hydrogen-bond acceptors (Lipinski definition) is 9. The van der Waals surface area contributed by atoms with E-state index in [1.165, 1.54) is 6.33 Å². The van der Waals surface area contributed by atoms with Crippen molar-refractivity contribution in [2.45, 2.75) is 6.92 Å². The Bertz CT molecular complexity index is 892. The third kappa shape index (κ3) is 4.48. The first-order valence-corrected chi connectivity index (χ1v) is 10.7. The van der Waals surface area contributed by atoms with E-state index in [0.717, 1.165) is 57.3 Å². The third-order valence-corrected chi connectivity index (χ3v) is 6.10. The van der Waals surface area contributed by atoms with Gasteiger partial charge in [-0.1, -0.05) is 6.92 Å². The van der Waals surface area contributed by atoms with E-state index in [1.54, 1.807) is 7.11 Å². The van der Waals surface area contributed by atoms with Crippen LogP contribution in [0.5, 0.6) is 5.75 Å². The Balaban J connectivity index is 1.50. The zero-order chi connectivity index (χ0) is 21.8. The number of hydrogen-bond donors (Lipinski definition) is 0. The van der Waals surface area contributed by atoms with E-state index in [0.29, 0.717) is 24.7 Å². The van der Waals surface area contributed by atoms with Gasteiger partial charge in [0.2, 0.25) is 11.6 Å². The molecule has 2 fully saturated rings. The maximum atomic E-state index is 12.0. The lowest BCUT2D eigenvalue weighted by Gasteiger charge is -2.37. The smallest absolute Gasteiger partial charge is 0.353 e. The van der Waals surface area contributed by atoms with Gasteiger partial charge in [0.15, 0.2) is 0 Å². The lowest BCUT2D eigenvalue weighted by molar-refractivity contribution is -0.383. The Morgan fingerprint density at radius 1 is 0.903 bits per heavy atom. The topological polar surface area (TPSA) is 91.1 Å². The van der Waals surface area contributed by atoms with Crippen LogP contribution in [-0.4, -0.2) is 85.8 Å². The third-order valence-electron chi connectivity index (χ3n) is 6.10. The van der Waals surface area contributed by atoms with Gasteiger partial charge < -0.3 is 24.3 Å². The van der Waals surface area contributed by atoms with Gasteiger partial charge in [0, 0.05) is 58.0 Å². The molecule has 2 aliphatic rings. The molecule has 31 heavy (non-hydrogen) atoms. The maximum absolute atomic E-state index is 12.0. The van der Waals surface area contributed by atoms with Crippen LogP contribution in [0.25, 0.3) is 0 Å². The van der Waals surface area contributed by atoms with Crippen LogP contribution >= 0.6 is 0 Å². The van der Waals surface area contributed by atoms with Crippen LogP contribution in [0.2, 0.25) is 0 Å². The van der Waals surface area contributed by atoms with Crippen LogP contribution in [0.4, 0.5) is 23.0 Å². The Labute approximate surface area is 182 Å². The molecular formula is C21H29N7O3. The van der Waals surface area contributed by atoms with Crippen LogP contribution in [0, 0.1) is 10.1 Å². The van der Waals surface area contributed by atoms with E-state index in [-0.39, 0.29) is 10.6 Å². The van der Waals surface area contributed by atoms with E-state index in [2.05, 4.69) is 26.7 Å². The number of nitrogens with zero attached hydrogens (tertiary/aromatic N) is 7. The van der Waals surface area contributed by atoms with Crippen molar-refractivity contribution in [2.75, 3.05) is 80.7 Å². The second-order valence-electron chi connectivity index (χ2n) is 7.72. The van der Waals surface area contributed by atoms with E-state index >= 15 is 0 Å². The predicted octanol–water partition coefficient (Wildman–Crippen LogP) is 1.86. The van der Waals surface area contributed by atoms with Crippen molar-refractivity contribution in [1.82, 2.24) is 14.9 Å². The molecular weight excluding hydrogens is 398 g/mol. The van der Waals surface area contributed by atoms with Crippen molar-refractivity contribution >= 4 is 23.0 Å². The molecule has 4 rings (SSSR count). The molecule has 0 radical (unpaired) electrons. The Hall–Kier alpha value is -3.14. The van der Waals surface area contributed by atoms with Gasteiger partial charge in [-0.15, -0.1) is 0 Å². The van der Waals surface area contributed by atoms with Gasteiger partial charge in [0.05, 0.1) is 12.0 Å². The highest BCUT2D eigenvalue weighted by Gasteiger charge is 2.32. The molecule has 0 N–H and O–H groups in total. The number of ether oxygens (including phenoxy) is 1. The lowest BCUT2D eigenvalue weighted by atomic mass is 10.2. The standard InChI is InChI=1S/C21H29N7O3/c1-3-24-8-10-26(11-9-24)20-19(28(29)30)21(23-16-22-20)27-14-12-25(13-15-27)17-4-6-18(31-2)7-5-17/h4-7,16H,3,8-15H2,1-2H3. The summed E-state index contributed by atoms with van der Waals surface area (Å²) < 4.78 is 5.23. The summed E-state index contributed by atoms with van der Waals surface area (Å²) in [5.74, 6) is 1.68. The quantitative estimate of drug-likeness (QED) is 0.506. The molecule has 0 amide bonds. The number of aromatic nitrogens is 2. The van der Waals surface area contributed by atoms with E-state index < -0.39 is 0 Å². The lowest BCUT2D eigenvalue weighted by Crippen LogP contribution is -2.48. The predicted molar refractivity (Wildman–Crippen MR) is 120 cm³/mol. The average Bonchev–Trinajstić information content (AvgIpc) is 2.83. The SMILES string of the molecule is CCN1CCN(c2ncnc(N3CCN(c4ccc(OC)cc4)CC3)c2[N+](=O)[O-])CC1. The minimum absolute atomic E-state index is 0.0188. The van der Waals surface area contributed by atoms with Gasteiger partial charge in [0.25, 0.3) is 0 Å². The maximum Gasteiger partial charge on any atom is 0.353 e. The van der Waals surface area contributed by atoms with Crippen molar-refractivity contribution in [1.29, 1.82) is 0 Å². The summed E-state index contributed by atoms with van der Waals surface area (Å²) >= 11 is 0. The normalized spacial score (nSPS) is 17.7. The summed E-state index contributed by atoms with van der Waals surface area (Å²) in [5, 5.41) is 12.0. The van der Waals surface area contributed by atoms with Gasteiger partial charge in [-0.05, 0) is 30.8 Å². The van der Waals surface area contributed by atoms with E-state index in [1.807, 2.05) is 34.1 Å². The molecule has 2 aliphatic heterocycles. The molecule has 0 aliphatic carbocycles. The fraction of sp³-hybridized carbons (Fsp3) is 0.524. The van der Waals surface area contributed by atoms with Crippen molar-refractivity contribution in [3.8, 4) is 5.75 Å². The van der Waals surface area contributed by atoms with E-state index in [4.69, 9.17) is 4.74 Å². The molecule has 0 saturated carbocycles. The molecule has 1 aromatic heterocycles. The molecule has 3 heterocycles. The van der Waals surface area contributed by atoms with Crippen LogP contribution in [0.15, 0.2) is 30.6 Å². The minimum Gasteiger partial charge on any atom is -0.497 e. The molecule has 10 heteroatoms. The fourth-order valence-electron chi connectivity index (χ4n) is 4.23. The first kappa shape index (κ1) is 21.1. The number of benzene rings is 1. The highest BCUT2D eigenvalue weighted by molar-refractivity contribution is 5.71. The summed E-state index contributed by atoms with van der Waals surface area (Å²) in [5.41, 5.74) is 1.14. The number of likely N-dealkylation sites (N-methyl/N-ethyl adjacent to an activating group) is 1. The van der Waals surface area contributed by atoms with Gasteiger partial charge in [-0.2, -0.15) is 0 Å². The van der Waals surface area contributed by atoms with Gasteiger partial charge in [-0.3, -0.25) is 10.1 Å². The Morgan fingerprint density at radius 3 is 1.90 bits per heavy atom. The molecule has 0 bridgehead atoms. The molecule has 166 valence electrons. The van der Waals surface area contributed by atoms with Gasteiger partial charge in [0.1, 0.15) is 12.1 Å². The largest absolute Gasteiger partial charge is 0.497 e. The van der Waals surface area contributed by atoms with Crippen LogP contribution in [0.3, 0.4) is 0 Å².